The Hall–Kier alpha value is -1.26. The van der Waals surface area contributed by atoms with Gasteiger partial charge in [0, 0.05) is 18.7 Å². The van der Waals surface area contributed by atoms with Gasteiger partial charge in [0.2, 0.25) is 5.91 Å². The van der Waals surface area contributed by atoms with E-state index in [2.05, 4.69) is 0 Å². The van der Waals surface area contributed by atoms with Crippen molar-refractivity contribution in [2.45, 2.75) is 19.3 Å². The van der Waals surface area contributed by atoms with Gasteiger partial charge in [-0.1, -0.05) is 0 Å². The number of carbonyl (C=O) groups excluding carboxylic acids is 1. The van der Waals surface area contributed by atoms with Gasteiger partial charge in [0.25, 0.3) is 0 Å². The number of methoxy groups -OCH3 is 1. The van der Waals surface area contributed by atoms with Crippen molar-refractivity contribution < 1.29 is 9.53 Å². The van der Waals surface area contributed by atoms with Gasteiger partial charge in [0.05, 0.1) is 7.11 Å². The van der Waals surface area contributed by atoms with Crippen LogP contribution in [0, 0.1) is 0 Å². The number of ether oxygens (including phenoxy) is 1. The quantitative estimate of drug-likeness (QED) is 0.907. The van der Waals surface area contributed by atoms with Gasteiger partial charge in [-0.25, -0.2) is 0 Å². The lowest BCUT2D eigenvalue weighted by molar-refractivity contribution is -0.118. The van der Waals surface area contributed by atoms with E-state index >= 15 is 0 Å². The third-order valence-electron chi connectivity index (χ3n) is 3.08. The van der Waals surface area contributed by atoms with Gasteiger partial charge in [-0.2, -0.15) is 0 Å². The molecule has 0 spiro atoms. The number of halogens is 1. The first-order chi connectivity index (χ1) is 8.26. The number of carbonyl (C=O) groups is 1. The molecule has 0 radical (unpaired) electrons. The number of hydrogen-bond acceptors (Lipinski definition) is 3. The van der Waals surface area contributed by atoms with Gasteiger partial charge in [0.15, 0.2) is 0 Å². The van der Waals surface area contributed by atoms with Crippen molar-refractivity contribution in [2.75, 3.05) is 25.1 Å². The maximum Gasteiger partial charge on any atom is 0.227 e. The van der Waals surface area contributed by atoms with E-state index in [1.807, 2.05) is 23.1 Å². The van der Waals surface area contributed by atoms with E-state index in [0.717, 1.165) is 30.8 Å². The summed E-state index contributed by atoms with van der Waals surface area (Å²) in [5.74, 6) is 1.01. The summed E-state index contributed by atoms with van der Waals surface area (Å²) in [6.07, 6.45) is 2.18. The number of nitrogens with zero attached hydrogens (tertiary/aromatic N) is 1. The van der Waals surface area contributed by atoms with Gasteiger partial charge >= 0.3 is 0 Å². The Morgan fingerprint density at radius 3 is 2.94 bits per heavy atom. The molecule has 1 aliphatic rings. The Bertz CT molecular complexity index is 423. The lowest BCUT2D eigenvalue weighted by Crippen LogP contribution is -2.29. The van der Waals surface area contributed by atoms with Crippen LogP contribution in [0.2, 0.25) is 0 Å². The number of hydrogen-bond donors (Lipinski definition) is 1. The van der Waals surface area contributed by atoms with Crippen molar-refractivity contribution in [3.8, 4) is 5.75 Å². The van der Waals surface area contributed by atoms with Crippen LogP contribution in [0.3, 0.4) is 0 Å². The normalized spacial score (nSPS) is 12.9. The monoisotopic (exact) mass is 270 g/mol. The SMILES string of the molecule is COc1ccc2c(c1)CCN2C(=O)CCCN.Cl. The van der Waals surface area contributed by atoms with Gasteiger partial charge in [-0.05, 0) is 43.1 Å². The van der Waals surface area contributed by atoms with Crippen molar-refractivity contribution in [1.82, 2.24) is 0 Å². The van der Waals surface area contributed by atoms with Crippen LogP contribution in [0.5, 0.6) is 5.75 Å². The second kappa shape index (κ2) is 6.61. The molecule has 2 N–H and O–H groups in total. The summed E-state index contributed by atoms with van der Waals surface area (Å²) in [4.78, 5) is 13.8. The van der Waals surface area contributed by atoms with E-state index in [-0.39, 0.29) is 18.3 Å². The second-order valence-electron chi connectivity index (χ2n) is 4.18. The van der Waals surface area contributed by atoms with Crippen LogP contribution in [-0.2, 0) is 11.2 Å². The zero-order valence-electron chi connectivity index (χ0n) is 10.5. The minimum absolute atomic E-state index is 0. The lowest BCUT2D eigenvalue weighted by Gasteiger charge is -2.17. The van der Waals surface area contributed by atoms with Crippen molar-refractivity contribution in [3.63, 3.8) is 0 Å². The molecule has 0 saturated carbocycles. The molecule has 4 nitrogen and oxygen atoms in total. The highest BCUT2D eigenvalue weighted by Crippen LogP contribution is 2.31. The Kier molecular flexibility index (Phi) is 5.44. The van der Waals surface area contributed by atoms with E-state index in [1.54, 1.807) is 7.11 Å². The molecule has 18 heavy (non-hydrogen) atoms. The summed E-state index contributed by atoms with van der Waals surface area (Å²) in [6, 6.07) is 5.86. The number of anilines is 1. The summed E-state index contributed by atoms with van der Waals surface area (Å²) in [6.45, 7) is 1.33. The van der Waals surface area contributed by atoms with Crippen LogP contribution in [0.4, 0.5) is 5.69 Å². The predicted octanol–water partition coefficient (Wildman–Crippen LogP) is 1.75. The minimum Gasteiger partial charge on any atom is -0.497 e. The van der Waals surface area contributed by atoms with Crippen molar-refractivity contribution in [1.29, 1.82) is 0 Å². The number of nitrogens with two attached hydrogens (primary N) is 1. The van der Waals surface area contributed by atoms with Gasteiger partial charge in [-0.15, -0.1) is 12.4 Å². The van der Waals surface area contributed by atoms with Crippen LogP contribution in [0.1, 0.15) is 18.4 Å². The standard InChI is InChI=1S/C13H18N2O2.ClH/c1-17-11-4-5-12-10(9-11)6-8-15(12)13(16)3-2-7-14;/h4-5,9H,2-3,6-8,14H2,1H3;1H. The lowest BCUT2D eigenvalue weighted by atomic mass is 10.1. The minimum atomic E-state index is 0. The average molecular weight is 271 g/mol. The first-order valence-corrected chi connectivity index (χ1v) is 5.93. The highest BCUT2D eigenvalue weighted by molar-refractivity contribution is 5.95. The molecule has 0 aliphatic carbocycles. The Morgan fingerprint density at radius 1 is 1.50 bits per heavy atom. The van der Waals surface area contributed by atoms with Crippen molar-refractivity contribution in [2.24, 2.45) is 5.73 Å². The van der Waals surface area contributed by atoms with E-state index in [9.17, 15) is 4.79 Å². The molecule has 1 heterocycles. The van der Waals surface area contributed by atoms with Crippen LogP contribution in [0.25, 0.3) is 0 Å². The van der Waals surface area contributed by atoms with Crippen molar-refractivity contribution >= 4 is 24.0 Å². The number of amides is 1. The molecule has 2 rings (SSSR count). The third kappa shape index (κ3) is 2.94. The third-order valence-corrected chi connectivity index (χ3v) is 3.08. The predicted molar refractivity (Wildman–Crippen MR) is 74.6 cm³/mol. The van der Waals surface area contributed by atoms with Crippen LogP contribution < -0.4 is 15.4 Å². The van der Waals surface area contributed by atoms with Crippen LogP contribution in [-0.4, -0.2) is 26.1 Å². The largest absolute Gasteiger partial charge is 0.497 e. The van der Waals surface area contributed by atoms with Crippen molar-refractivity contribution in [3.05, 3.63) is 23.8 Å². The summed E-state index contributed by atoms with van der Waals surface area (Å²) in [5.41, 5.74) is 7.63. The van der Waals surface area contributed by atoms with Gasteiger partial charge in [-0.3, -0.25) is 4.79 Å². The summed E-state index contributed by atoms with van der Waals surface area (Å²) < 4.78 is 5.18. The molecule has 1 amide bonds. The maximum absolute atomic E-state index is 12.0. The van der Waals surface area contributed by atoms with E-state index in [4.69, 9.17) is 10.5 Å². The summed E-state index contributed by atoms with van der Waals surface area (Å²) >= 11 is 0. The van der Waals surface area contributed by atoms with Gasteiger partial charge in [0.1, 0.15) is 5.75 Å². The summed E-state index contributed by atoms with van der Waals surface area (Å²) in [5, 5.41) is 0. The topological polar surface area (TPSA) is 55.6 Å². The Labute approximate surface area is 114 Å². The maximum atomic E-state index is 12.0. The van der Waals surface area contributed by atoms with Crippen LogP contribution >= 0.6 is 12.4 Å². The molecule has 100 valence electrons. The molecular formula is C13H19ClN2O2. The number of benzene rings is 1. The molecule has 0 unspecified atom stereocenters. The van der Waals surface area contributed by atoms with E-state index in [1.165, 1.54) is 5.56 Å². The fourth-order valence-corrected chi connectivity index (χ4v) is 2.15. The average Bonchev–Trinajstić information content (AvgIpc) is 2.78. The zero-order valence-corrected chi connectivity index (χ0v) is 11.3. The van der Waals surface area contributed by atoms with E-state index < -0.39 is 0 Å². The number of rotatable bonds is 4. The molecular weight excluding hydrogens is 252 g/mol. The zero-order chi connectivity index (χ0) is 12.3. The van der Waals surface area contributed by atoms with E-state index in [0.29, 0.717) is 13.0 Å². The first kappa shape index (κ1) is 14.8. The molecule has 0 saturated heterocycles. The van der Waals surface area contributed by atoms with Gasteiger partial charge < -0.3 is 15.4 Å². The fraction of sp³-hybridized carbons (Fsp3) is 0.462. The first-order valence-electron chi connectivity index (χ1n) is 5.93. The molecule has 1 aromatic carbocycles. The molecule has 1 aliphatic heterocycles. The highest BCUT2D eigenvalue weighted by Gasteiger charge is 2.24. The highest BCUT2D eigenvalue weighted by atomic mass is 35.5. The molecule has 0 atom stereocenters. The Morgan fingerprint density at radius 2 is 2.28 bits per heavy atom. The summed E-state index contributed by atoms with van der Waals surface area (Å²) in [7, 11) is 1.65. The number of fused-ring (bicyclic) bond motifs is 1. The second-order valence-corrected chi connectivity index (χ2v) is 4.18. The molecule has 5 heteroatoms. The van der Waals surface area contributed by atoms with Crippen LogP contribution in [0.15, 0.2) is 18.2 Å². The molecule has 0 bridgehead atoms. The molecule has 0 aromatic heterocycles. The molecule has 1 aromatic rings. The smallest absolute Gasteiger partial charge is 0.227 e. The molecule has 0 fully saturated rings. The Balaban J connectivity index is 0.00000162. The fourth-order valence-electron chi connectivity index (χ4n) is 2.15.